The fourth-order valence-electron chi connectivity index (χ4n) is 2.15. The molecular formula is C17H29IN4O2. The largest absolute Gasteiger partial charge is 0.496 e. The molecule has 3 N–H and O–H groups in total. The third kappa shape index (κ3) is 8.95. The SMILES string of the molecule is CCNC(=NCCc1cc(C)ccc1OC)NCCNC(C)=O.I. The lowest BCUT2D eigenvalue weighted by Crippen LogP contribution is -2.41. The summed E-state index contributed by atoms with van der Waals surface area (Å²) in [6.45, 7) is 8.27. The molecule has 0 bridgehead atoms. The van der Waals surface area contributed by atoms with Crippen LogP contribution >= 0.6 is 24.0 Å². The van der Waals surface area contributed by atoms with E-state index in [-0.39, 0.29) is 29.9 Å². The fourth-order valence-corrected chi connectivity index (χ4v) is 2.15. The van der Waals surface area contributed by atoms with Gasteiger partial charge in [-0.2, -0.15) is 0 Å². The number of hydrogen-bond acceptors (Lipinski definition) is 3. The first kappa shape index (κ1) is 22.5. The van der Waals surface area contributed by atoms with E-state index in [9.17, 15) is 4.79 Å². The smallest absolute Gasteiger partial charge is 0.216 e. The number of nitrogens with one attached hydrogen (secondary N) is 3. The lowest BCUT2D eigenvalue weighted by atomic mass is 10.1. The van der Waals surface area contributed by atoms with Crippen LogP contribution in [-0.4, -0.2) is 45.2 Å². The van der Waals surface area contributed by atoms with Gasteiger partial charge < -0.3 is 20.7 Å². The summed E-state index contributed by atoms with van der Waals surface area (Å²) in [6, 6.07) is 6.16. The molecule has 1 aromatic carbocycles. The van der Waals surface area contributed by atoms with E-state index in [0.29, 0.717) is 19.6 Å². The number of amides is 1. The van der Waals surface area contributed by atoms with Gasteiger partial charge in [-0.25, -0.2) is 0 Å². The number of hydrogen-bond donors (Lipinski definition) is 3. The zero-order valence-corrected chi connectivity index (χ0v) is 17.3. The van der Waals surface area contributed by atoms with Crippen LogP contribution in [0, 0.1) is 6.92 Å². The number of methoxy groups -OCH3 is 1. The minimum Gasteiger partial charge on any atom is -0.496 e. The van der Waals surface area contributed by atoms with Crippen molar-refractivity contribution >= 4 is 35.8 Å². The van der Waals surface area contributed by atoms with E-state index in [2.05, 4.69) is 33.9 Å². The van der Waals surface area contributed by atoms with Crippen LogP contribution in [0.4, 0.5) is 0 Å². The third-order valence-corrected chi connectivity index (χ3v) is 3.22. The Morgan fingerprint density at radius 3 is 2.54 bits per heavy atom. The molecule has 6 nitrogen and oxygen atoms in total. The molecule has 0 spiro atoms. The fraction of sp³-hybridized carbons (Fsp3) is 0.529. The van der Waals surface area contributed by atoms with E-state index < -0.39 is 0 Å². The van der Waals surface area contributed by atoms with Crippen molar-refractivity contribution in [1.82, 2.24) is 16.0 Å². The first-order valence-electron chi connectivity index (χ1n) is 7.97. The molecule has 0 saturated heterocycles. The molecule has 0 aliphatic rings. The molecule has 0 heterocycles. The number of aryl methyl sites for hydroxylation is 1. The maximum Gasteiger partial charge on any atom is 0.216 e. The highest BCUT2D eigenvalue weighted by atomic mass is 127. The average molecular weight is 448 g/mol. The van der Waals surface area contributed by atoms with Gasteiger partial charge in [0.1, 0.15) is 5.75 Å². The van der Waals surface area contributed by atoms with Gasteiger partial charge in [-0.1, -0.05) is 17.7 Å². The summed E-state index contributed by atoms with van der Waals surface area (Å²) in [5, 5.41) is 9.13. The van der Waals surface area contributed by atoms with Gasteiger partial charge in [0.05, 0.1) is 7.11 Å². The average Bonchev–Trinajstić information content (AvgIpc) is 2.51. The zero-order valence-electron chi connectivity index (χ0n) is 14.9. The number of rotatable bonds is 8. The highest BCUT2D eigenvalue weighted by Gasteiger charge is 2.03. The van der Waals surface area contributed by atoms with Gasteiger partial charge in [-0.3, -0.25) is 9.79 Å². The lowest BCUT2D eigenvalue weighted by molar-refractivity contribution is -0.118. The second-order valence-corrected chi connectivity index (χ2v) is 5.24. The second-order valence-electron chi connectivity index (χ2n) is 5.24. The Bertz CT molecular complexity index is 535. The van der Waals surface area contributed by atoms with Crippen molar-refractivity contribution < 1.29 is 9.53 Å². The molecule has 0 atom stereocenters. The monoisotopic (exact) mass is 448 g/mol. The lowest BCUT2D eigenvalue weighted by Gasteiger charge is -2.12. The van der Waals surface area contributed by atoms with Gasteiger partial charge in [0, 0.05) is 33.1 Å². The third-order valence-electron chi connectivity index (χ3n) is 3.22. The standard InChI is InChI=1S/C17H28N4O2.HI/c1-5-18-17(21-11-10-19-14(3)22)20-9-8-15-12-13(2)6-7-16(15)23-4;/h6-7,12H,5,8-11H2,1-4H3,(H,19,22)(H2,18,20,21);1H. The molecule has 0 aliphatic carbocycles. The van der Waals surface area contributed by atoms with E-state index >= 15 is 0 Å². The predicted molar refractivity (Wildman–Crippen MR) is 110 cm³/mol. The maximum absolute atomic E-state index is 10.8. The Kier molecular flexibility index (Phi) is 12.0. The van der Waals surface area contributed by atoms with Crippen molar-refractivity contribution in [2.24, 2.45) is 4.99 Å². The van der Waals surface area contributed by atoms with Crippen LogP contribution in [0.2, 0.25) is 0 Å². The Morgan fingerprint density at radius 2 is 1.92 bits per heavy atom. The van der Waals surface area contributed by atoms with Crippen molar-refractivity contribution in [2.45, 2.75) is 27.2 Å². The molecular weight excluding hydrogens is 419 g/mol. The number of carbonyl (C=O) groups is 1. The van der Waals surface area contributed by atoms with Crippen LogP contribution in [0.1, 0.15) is 25.0 Å². The van der Waals surface area contributed by atoms with E-state index in [0.717, 1.165) is 30.2 Å². The number of nitrogens with zero attached hydrogens (tertiary/aromatic N) is 1. The summed E-state index contributed by atoms with van der Waals surface area (Å²) in [5.41, 5.74) is 2.37. The number of ether oxygens (including phenoxy) is 1. The Morgan fingerprint density at radius 1 is 1.21 bits per heavy atom. The van der Waals surface area contributed by atoms with Crippen LogP contribution in [0.3, 0.4) is 0 Å². The van der Waals surface area contributed by atoms with E-state index in [1.807, 2.05) is 19.1 Å². The number of aliphatic imine (C=N–C) groups is 1. The highest BCUT2D eigenvalue weighted by molar-refractivity contribution is 14.0. The summed E-state index contributed by atoms with van der Waals surface area (Å²) >= 11 is 0. The maximum atomic E-state index is 10.8. The molecule has 0 radical (unpaired) electrons. The second kappa shape index (κ2) is 12.9. The van der Waals surface area contributed by atoms with Gasteiger partial charge in [-0.05, 0) is 31.9 Å². The van der Waals surface area contributed by atoms with E-state index in [4.69, 9.17) is 4.74 Å². The molecule has 0 fully saturated rings. The number of benzene rings is 1. The predicted octanol–water partition coefficient (Wildman–Crippen LogP) is 1.86. The van der Waals surface area contributed by atoms with Crippen molar-refractivity contribution in [1.29, 1.82) is 0 Å². The first-order chi connectivity index (χ1) is 11.1. The molecule has 1 rings (SSSR count). The highest BCUT2D eigenvalue weighted by Crippen LogP contribution is 2.19. The Hall–Kier alpha value is -1.51. The summed E-state index contributed by atoms with van der Waals surface area (Å²) in [4.78, 5) is 15.4. The van der Waals surface area contributed by atoms with Gasteiger partial charge in [0.2, 0.25) is 5.91 Å². The Balaban J connectivity index is 0.00000529. The van der Waals surface area contributed by atoms with Crippen molar-refractivity contribution in [3.63, 3.8) is 0 Å². The molecule has 24 heavy (non-hydrogen) atoms. The van der Waals surface area contributed by atoms with Gasteiger partial charge in [0.15, 0.2) is 5.96 Å². The number of guanidine groups is 1. The summed E-state index contributed by atoms with van der Waals surface area (Å²) < 4.78 is 5.39. The van der Waals surface area contributed by atoms with Crippen LogP contribution in [0.15, 0.2) is 23.2 Å². The molecule has 0 aliphatic heterocycles. The number of halogens is 1. The topological polar surface area (TPSA) is 74.8 Å². The van der Waals surface area contributed by atoms with Crippen molar-refractivity contribution in [3.05, 3.63) is 29.3 Å². The molecule has 1 amide bonds. The van der Waals surface area contributed by atoms with Crippen molar-refractivity contribution in [3.8, 4) is 5.75 Å². The Labute approximate surface area is 161 Å². The summed E-state index contributed by atoms with van der Waals surface area (Å²) in [6.07, 6.45) is 0.813. The molecule has 0 saturated carbocycles. The molecule has 7 heteroatoms. The number of carbonyl (C=O) groups excluding carboxylic acids is 1. The minimum absolute atomic E-state index is 0. The molecule has 0 aromatic heterocycles. The quantitative estimate of drug-likeness (QED) is 0.246. The van der Waals surface area contributed by atoms with E-state index in [1.165, 1.54) is 12.5 Å². The normalized spacial score (nSPS) is 10.6. The molecule has 0 unspecified atom stereocenters. The molecule has 1 aromatic rings. The van der Waals surface area contributed by atoms with Crippen LogP contribution in [-0.2, 0) is 11.2 Å². The molecule has 136 valence electrons. The van der Waals surface area contributed by atoms with Gasteiger partial charge in [0.25, 0.3) is 0 Å². The summed E-state index contributed by atoms with van der Waals surface area (Å²) in [7, 11) is 1.69. The van der Waals surface area contributed by atoms with E-state index in [1.54, 1.807) is 7.11 Å². The zero-order chi connectivity index (χ0) is 17.1. The first-order valence-corrected chi connectivity index (χ1v) is 7.97. The minimum atomic E-state index is -0.0275. The van der Waals surface area contributed by atoms with Crippen LogP contribution in [0.5, 0.6) is 5.75 Å². The van der Waals surface area contributed by atoms with Crippen molar-refractivity contribution in [2.75, 3.05) is 33.3 Å². The van der Waals surface area contributed by atoms with Crippen LogP contribution < -0.4 is 20.7 Å². The van der Waals surface area contributed by atoms with Gasteiger partial charge in [-0.15, -0.1) is 24.0 Å². The van der Waals surface area contributed by atoms with Crippen LogP contribution in [0.25, 0.3) is 0 Å². The summed E-state index contributed by atoms with van der Waals surface area (Å²) in [5.74, 6) is 1.62. The van der Waals surface area contributed by atoms with Gasteiger partial charge >= 0.3 is 0 Å².